The first-order valence-electron chi connectivity index (χ1n) is 4.21. The summed E-state index contributed by atoms with van der Waals surface area (Å²) >= 11 is 0. The molecular weight excluding hydrogens is 147 g/mol. The van der Waals surface area contributed by atoms with Crippen LogP contribution in [0.2, 0.25) is 0 Å². The monoisotopic (exact) mass is 158 g/mol. The van der Waals surface area contributed by atoms with Crippen LogP contribution in [0.5, 0.6) is 5.75 Å². The highest BCUT2D eigenvalue weighted by Gasteiger charge is 2.40. The van der Waals surface area contributed by atoms with Crippen LogP contribution in [0.4, 0.5) is 0 Å². The molecule has 0 heterocycles. The van der Waals surface area contributed by atoms with Gasteiger partial charge in [-0.2, -0.15) is 0 Å². The summed E-state index contributed by atoms with van der Waals surface area (Å²) in [4.78, 5) is 0. The number of hydrogen-bond donors (Lipinski definition) is 1. The van der Waals surface area contributed by atoms with Gasteiger partial charge in [-0.25, -0.2) is 0 Å². The summed E-state index contributed by atoms with van der Waals surface area (Å²) in [5.74, 6) is 0.379. The molecule has 0 spiro atoms. The van der Waals surface area contributed by atoms with Crippen molar-refractivity contribution in [3.63, 3.8) is 0 Å². The predicted molar refractivity (Wildman–Crippen MR) is 50.1 cm³/mol. The summed E-state index contributed by atoms with van der Waals surface area (Å²) in [7, 11) is 5.64. The lowest BCUT2D eigenvalue weighted by Gasteiger charge is -2.11. The molecular formula is C10H11BO. The quantitative estimate of drug-likeness (QED) is 0.609. The smallest absolute Gasteiger partial charge is 0.119 e. The fourth-order valence-electron chi connectivity index (χ4n) is 1.49. The number of benzene rings is 1. The summed E-state index contributed by atoms with van der Waals surface area (Å²) < 4.78 is 0. The molecule has 0 aromatic heterocycles. The number of phenolic OH excluding ortho intramolecular Hbond substituents is 1. The molecule has 0 saturated heterocycles. The van der Waals surface area contributed by atoms with Crippen molar-refractivity contribution < 1.29 is 5.11 Å². The van der Waals surface area contributed by atoms with E-state index >= 15 is 0 Å². The first-order valence-corrected chi connectivity index (χ1v) is 4.21. The van der Waals surface area contributed by atoms with E-state index < -0.39 is 0 Å². The Hall–Kier alpha value is -0.915. The molecule has 1 aliphatic carbocycles. The molecule has 0 bridgehead atoms. The maximum absolute atomic E-state index is 9.56. The normalized spacial score (nSPS) is 19.1. The Morgan fingerprint density at radius 2 is 2.08 bits per heavy atom. The van der Waals surface area contributed by atoms with Gasteiger partial charge in [0.05, 0.1) is 0 Å². The van der Waals surface area contributed by atoms with Gasteiger partial charge in [0.2, 0.25) is 0 Å². The molecule has 0 aliphatic heterocycles. The zero-order valence-electron chi connectivity index (χ0n) is 7.17. The molecule has 0 unspecified atom stereocenters. The fraction of sp³-hybridized carbons (Fsp3) is 0.400. The summed E-state index contributed by atoms with van der Waals surface area (Å²) in [6, 6.07) is 5.28. The SMILES string of the molecule is [B]c1ccc(O)c(C2(C)CC2)c1. The zero-order valence-corrected chi connectivity index (χ0v) is 7.17. The Balaban J connectivity index is 2.48. The Morgan fingerprint density at radius 3 is 2.67 bits per heavy atom. The van der Waals surface area contributed by atoms with Gasteiger partial charge in [0, 0.05) is 0 Å². The first-order chi connectivity index (χ1) is 5.62. The summed E-state index contributed by atoms with van der Waals surface area (Å²) in [6.07, 6.45) is 2.31. The molecule has 12 heavy (non-hydrogen) atoms. The maximum atomic E-state index is 9.56. The standard InChI is InChI=1S/C10H11BO/c1-10(4-5-10)8-6-7(11)2-3-9(8)12/h2-3,6,12H,4-5H2,1H3. The molecule has 1 aromatic rings. The molecule has 0 atom stereocenters. The van der Waals surface area contributed by atoms with Gasteiger partial charge in [-0.05, 0) is 29.9 Å². The highest BCUT2D eigenvalue weighted by atomic mass is 16.3. The summed E-state index contributed by atoms with van der Waals surface area (Å²) in [5, 5.41) is 9.56. The van der Waals surface area contributed by atoms with Crippen LogP contribution in [0.3, 0.4) is 0 Å². The van der Waals surface area contributed by atoms with Crippen molar-refractivity contribution in [1.82, 2.24) is 0 Å². The third-order valence-corrected chi connectivity index (χ3v) is 2.67. The Bertz CT molecular complexity index is 316. The van der Waals surface area contributed by atoms with E-state index in [0.29, 0.717) is 5.75 Å². The Kier molecular flexibility index (Phi) is 1.47. The number of hydrogen-bond acceptors (Lipinski definition) is 1. The molecule has 2 rings (SSSR count). The summed E-state index contributed by atoms with van der Waals surface area (Å²) in [5.41, 5.74) is 1.93. The third kappa shape index (κ3) is 1.11. The van der Waals surface area contributed by atoms with Gasteiger partial charge in [0.25, 0.3) is 0 Å². The van der Waals surface area contributed by atoms with Gasteiger partial charge < -0.3 is 5.11 Å². The first kappa shape index (κ1) is 7.72. The Morgan fingerprint density at radius 1 is 1.42 bits per heavy atom. The molecule has 0 amide bonds. The van der Waals surface area contributed by atoms with Crippen molar-refractivity contribution in [3.05, 3.63) is 23.8 Å². The minimum Gasteiger partial charge on any atom is -0.508 e. The van der Waals surface area contributed by atoms with Crippen molar-refractivity contribution in [2.75, 3.05) is 0 Å². The van der Waals surface area contributed by atoms with Crippen LogP contribution in [0.25, 0.3) is 0 Å². The molecule has 1 aromatic carbocycles. The van der Waals surface area contributed by atoms with E-state index in [9.17, 15) is 5.11 Å². The van der Waals surface area contributed by atoms with E-state index in [1.165, 1.54) is 0 Å². The topological polar surface area (TPSA) is 20.2 Å². The zero-order chi connectivity index (χ0) is 8.77. The molecule has 1 aliphatic rings. The van der Waals surface area contributed by atoms with Gasteiger partial charge >= 0.3 is 0 Å². The van der Waals surface area contributed by atoms with E-state index in [2.05, 4.69) is 6.92 Å². The van der Waals surface area contributed by atoms with Crippen LogP contribution < -0.4 is 5.46 Å². The van der Waals surface area contributed by atoms with Crippen molar-refractivity contribution >= 4 is 13.3 Å². The van der Waals surface area contributed by atoms with E-state index in [-0.39, 0.29) is 5.41 Å². The van der Waals surface area contributed by atoms with E-state index in [1.807, 2.05) is 6.07 Å². The molecule has 1 fully saturated rings. The fourth-order valence-corrected chi connectivity index (χ4v) is 1.49. The minimum absolute atomic E-state index is 0.194. The second-order valence-corrected chi connectivity index (χ2v) is 3.84. The van der Waals surface area contributed by atoms with Gasteiger partial charge in [0.1, 0.15) is 13.6 Å². The van der Waals surface area contributed by atoms with Gasteiger partial charge in [0.15, 0.2) is 0 Å². The molecule has 60 valence electrons. The van der Waals surface area contributed by atoms with E-state index in [0.717, 1.165) is 23.9 Å². The van der Waals surface area contributed by atoms with E-state index in [1.54, 1.807) is 12.1 Å². The van der Waals surface area contributed by atoms with Crippen LogP contribution in [0.15, 0.2) is 18.2 Å². The molecule has 1 N–H and O–H groups in total. The van der Waals surface area contributed by atoms with Gasteiger partial charge in [-0.3, -0.25) is 0 Å². The Labute approximate surface area is 73.8 Å². The molecule has 1 saturated carbocycles. The average molecular weight is 158 g/mol. The third-order valence-electron chi connectivity index (χ3n) is 2.67. The number of aromatic hydroxyl groups is 1. The van der Waals surface area contributed by atoms with Crippen LogP contribution in [0.1, 0.15) is 25.3 Å². The van der Waals surface area contributed by atoms with Crippen LogP contribution in [0, 0.1) is 0 Å². The van der Waals surface area contributed by atoms with Crippen molar-refractivity contribution in [2.24, 2.45) is 0 Å². The van der Waals surface area contributed by atoms with Gasteiger partial charge in [-0.1, -0.05) is 24.5 Å². The highest BCUT2D eigenvalue weighted by molar-refractivity contribution is 6.32. The van der Waals surface area contributed by atoms with Gasteiger partial charge in [-0.15, -0.1) is 0 Å². The second-order valence-electron chi connectivity index (χ2n) is 3.84. The molecule has 2 radical (unpaired) electrons. The molecule has 1 nitrogen and oxygen atoms in total. The van der Waals surface area contributed by atoms with Crippen LogP contribution >= 0.6 is 0 Å². The average Bonchev–Trinajstić information content (AvgIpc) is 2.75. The predicted octanol–water partition coefficient (Wildman–Crippen LogP) is 1.24. The van der Waals surface area contributed by atoms with Crippen molar-refractivity contribution in [3.8, 4) is 5.75 Å². The number of phenols is 1. The number of rotatable bonds is 1. The molecule has 2 heteroatoms. The lowest BCUT2D eigenvalue weighted by Crippen LogP contribution is -2.08. The van der Waals surface area contributed by atoms with E-state index in [4.69, 9.17) is 7.85 Å². The van der Waals surface area contributed by atoms with Crippen molar-refractivity contribution in [2.45, 2.75) is 25.2 Å². The minimum atomic E-state index is 0.194. The van der Waals surface area contributed by atoms with Crippen LogP contribution in [-0.4, -0.2) is 13.0 Å². The van der Waals surface area contributed by atoms with Crippen molar-refractivity contribution in [1.29, 1.82) is 0 Å². The summed E-state index contributed by atoms with van der Waals surface area (Å²) in [6.45, 7) is 2.15. The van der Waals surface area contributed by atoms with Crippen LogP contribution in [-0.2, 0) is 5.41 Å². The largest absolute Gasteiger partial charge is 0.508 e. The highest BCUT2D eigenvalue weighted by Crippen LogP contribution is 2.50. The lowest BCUT2D eigenvalue weighted by molar-refractivity contribution is 0.462. The second kappa shape index (κ2) is 2.29. The maximum Gasteiger partial charge on any atom is 0.119 e. The lowest BCUT2D eigenvalue weighted by atomic mass is 9.88.